The third kappa shape index (κ3) is 7.07. The van der Waals surface area contributed by atoms with Gasteiger partial charge in [-0.25, -0.2) is 9.59 Å². The number of halogens is 3. The summed E-state index contributed by atoms with van der Waals surface area (Å²) >= 11 is 0. The normalized spacial score (nSPS) is 12.9. The van der Waals surface area contributed by atoms with Crippen LogP contribution in [0.4, 0.5) is 30.2 Å². The van der Waals surface area contributed by atoms with Gasteiger partial charge in [0.05, 0.1) is 28.2 Å². The Bertz CT molecular complexity index is 1050. The molecule has 11 heteroatoms. The van der Waals surface area contributed by atoms with Gasteiger partial charge in [-0.15, -0.1) is 0 Å². The van der Waals surface area contributed by atoms with Crippen LogP contribution in [0.2, 0.25) is 0 Å². The number of aliphatic carboxylic acids is 2. The highest BCUT2D eigenvalue weighted by atomic mass is 19.4. The largest absolute Gasteiger partial charge is 0.478 e. The minimum absolute atomic E-state index is 0.233. The van der Waals surface area contributed by atoms with Gasteiger partial charge < -0.3 is 25.3 Å². The van der Waals surface area contributed by atoms with Gasteiger partial charge in [0.1, 0.15) is 0 Å². The fourth-order valence-corrected chi connectivity index (χ4v) is 2.89. The Kier molecular flexibility index (Phi) is 8.19. The Balaban J connectivity index is 0.000000414. The maximum atomic E-state index is 13.1. The standard InChI is InChI=1S/C18H18F3N3O.C4H4O4/c1-23(2)9-10-24-16-8-7-12(18(19,20)21)11-15(16)22-14-6-4-3-5-13(14)17(24)25;5-3(6)1-2-4(7)8/h3-8,11,22H,9-10H2,1-2H3;1-2H,(H,5,6)(H,7,8)/b;2-1+. The molecule has 2 aromatic rings. The van der Waals surface area contributed by atoms with Gasteiger partial charge in [-0.3, -0.25) is 4.79 Å². The Labute approximate surface area is 187 Å². The van der Waals surface area contributed by atoms with E-state index in [0.717, 1.165) is 12.1 Å². The van der Waals surface area contributed by atoms with Crippen LogP contribution in [0.3, 0.4) is 0 Å². The molecule has 0 saturated carbocycles. The Hall–Kier alpha value is -3.86. The molecule has 0 aliphatic carbocycles. The first kappa shape index (κ1) is 25.4. The van der Waals surface area contributed by atoms with Crippen LogP contribution in [0, 0.1) is 0 Å². The lowest BCUT2D eigenvalue weighted by Gasteiger charge is -2.25. The number of hydrogen-bond acceptors (Lipinski definition) is 5. The highest BCUT2D eigenvalue weighted by Gasteiger charge is 2.33. The summed E-state index contributed by atoms with van der Waals surface area (Å²) in [4.78, 5) is 35.5. The molecule has 8 nitrogen and oxygen atoms in total. The van der Waals surface area contributed by atoms with E-state index in [1.54, 1.807) is 24.3 Å². The summed E-state index contributed by atoms with van der Waals surface area (Å²) in [6.07, 6.45) is -3.33. The van der Waals surface area contributed by atoms with E-state index >= 15 is 0 Å². The zero-order valence-corrected chi connectivity index (χ0v) is 17.8. The lowest BCUT2D eigenvalue weighted by molar-refractivity contribution is -0.137. The van der Waals surface area contributed by atoms with Gasteiger partial charge in [-0.05, 0) is 44.4 Å². The number of amides is 1. The van der Waals surface area contributed by atoms with E-state index in [2.05, 4.69) is 5.32 Å². The average Bonchev–Trinajstić information content (AvgIpc) is 2.84. The maximum Gasteiger partial charge on any atom is 0.416 e. The van der Waals surface area contributed by atoms with Crippen molar-refractivity contribution in [2.75, 3.05) is 37.4 Å². The Morgan fingerprint density at radius 2 is 1.64 bits per heavy atom. The van der Waals surface area contributed by atoms with E-state index in [0.29, 0.717) is 42.2 Å². The third-order valence-electron chi connectivity index (χ3n) is 4.43. The summed E-state index contributed by atoms with van der Waals surface area (Å²) in [5.74, 6) is -2.75. The molecule has 1 aliphatic rings. The molecule has 0 saturated heterocycles. The molecule has 33 heavy (non-hydrogen) atoms. The number of benzene rings is 2. The summed E-state index contributed by atoms with van der Waals surface area (Å²) in [6, 6.07) is 10.2. The second kappa shape index (κ2) is 10.6. The third-order valence-corrected chi connectivity index (χ3v) is 4.43. The van der Waals surface area contributed by atoms with Crippen molar-refractivity contribution in [2.24, 2.45) is 0 Å². The highest BCUT2D eigenvalue weighted by molar-refractivity contribution is 6.13. The van der Waals surface area contributed by atoms with Crippen LogP contribution in [0.15, 0.2) is 54.6 Å². The highest BCUT2D eigenvalue weighted by Crippen LogP contribution is 2.39. The molecule has 176 valence electrons. The van der Waals surface area contributed by atoms with Gasteiger partial charge in [0.2, 0.25) is 0 Å². The van der Waals surface area contributed by atoms with Gasteiger partial charge in [0, 0.05) is 25.2 Å². The average molecular weight is 465 g/mol. The molecule has 1 amide bonds. The van der Waals surface area contributed by atoms with Gasteiger partial charge in [0.25, 0.3) is 5.91 Å². The number of nitrogens with one attached hydrogen (secondary N) is 1. The number of hydrogen-bond donors (Lipinski definition) is 3. The van der Waals surface area contributed by atoms with E-state index in [1.165, 1.54) is 11.0 Å². The fraction of sp³-hybridized carbons (Fsp3) is 0.227. The summed E-state index contributed by atoms with van der Waals surface area (Å²) < 4.78 is 39.2. The van der Waals surface area contributed by atoms with Crippen LogP contribution in [0.25, 0.3) is 0 Å². The molecular formula is C22H22F3N3O5. The topological polar surface area (TPSA) is 110 Å². The molecule has 2 aromatic carbocycles. The number of alkyl halides is 3. The number of nitrogens with zero attached hydrogens (tertiary/aromatic N) is 2. The fourth-order valence-electron chi connectivity index (χ4n) is 2.89. The van der Waals surface area contributed by atoms with Gasteiger partial charge >= 0.3 is 18.1 Å². The monoisotopic (exact) mass is 465 g/mol. The molecule has 0 radical (unpaired) electrons. The van der Waals surface area contributed by atoms with Crippen molar-refractivity contribution in [1.29, 1.82) is 0 Å². The number of anilines is 3. The van der Waals surface area contributed by atoms with E-state index in [-0.39, 0.29) is 11.6 Å². The first-order valence-corrected chi connectivity index (χ1v) is 9.58. The quantitative estimate of drug-likeness (QED) is 0.578. The number of para-hydroxylation sites is 1. The van der Waals surface area contributed by atoms with Crippen molar-refractivity contribution >= 4 is 34.9 Å². The van der Waals surface area contributed by atoms with E-state index in [1.807, 2.05) is 19.0 Å². The van der Waals surface area contributed by atoms with Crippen LogP contribution >= 0.6 is 0 Å². The van der Waals surface area contributed by atoms with Crippen LogP contribution in [0.1, 0.15) is 15.9 Å². The smallest absolute Gasteiger partial charge is 0.416 e. The predicted molar refractivity (Wildman–Crippen MR) is 116 cm³/mol. The van der Waals surface area contributed by atoms with Crippen molar-refractivity contribution in [3.8, 4) is 0 Å². The minimum atomic E-state index is -4.44. The van der Waals surface area contributed by atoms with Crippen molar-refractivity contribution in [3.05, 3.63) is 65.7 Å². The number of likely N-dealkylation sites (N-methyl/N-ethyl adjacent to an activating group) is 1. The zero-order valence-electron chi connectivity index (χ0n) is 17.8. The maximum absolute atomic E-state index is 13.1. The van der Waals surface area contributed by atoms with Crippen molar-refractivity contribution in [1.82, 2.24) is 4.90 Å². The Morgan fingerprint density at radius 1 is 1.03 bits per heavy atom. The molecule has 0 fully saturated rings. The van der Waals surface area contributed by atoms with E-state index in [9.17, 15) is 27.6 Å². The molecule has 1 aliphatic heterocycles. The second-order valence-corrected chi connectivity index (χ2v) is 7.17. The molecule has 0 atom stereocenters. The van der Waals surface area contributed by atoms with Crippen LogP contribution in [-0.4, -0.2) is 60.1 Å². The summed E-state index contributed by atoms with van der Waals surface area (Å²) in [7, 11) is 3.75. The molecule has 0 aromatic heterocycles. The van der Waals surface area contributed by atoms with Gasteiger partial charge in [-0.1, -0.05) is 12.1 Å². The van der Waals surface area contributed by atoms with Crippen LogP contribution in [0.5, 0.6) is 0 Å². The Morgan fingerprint density at radius 3 is 2.18 bits per heavy atom. The SMILES string of the molecule is CN(C)CCN1C(=O)c2ccccc2Nc2cc(C(F)(F)F)ccc21.O=C(O)/C=C/C(=O)O. The molecular weight excluding hydrogens is 443 g/mol. The van der Waals surface area contributed by atoms with Crippen LogP contribution in [-0.2, 0) is 15.8 Å². The molecule has 0 spiro atoms. The van der Waals surface area contributed by atoms with E-state index < -0.39 is 23.7 Å². The first-order chi connectivity index (χ1) is 15.4. The lowest BCUT2D eigenvalue weighted by Crippen LogP contribution is -2.36. The van der Waals surface area contributed by atoms with Crippen molar-refractivity contribution in [2.45, 2.75) is 6.18 Å². The summed E-state index contributed by atoms with van der Waals surface area (Å²) in [6.45, 7) is 0.967. The predicted octanol–water partition coefficient (Wildman–Crippen LogP) is 3.68. The van der Waals surface area contributed by atoms with Crippen molar-refractivity contribution < 1.29 is 37.8 Å². The molecule has 3 rings (SSSR count). The molecule has 1 heterocycles. The second-order valence-electron chi connectivity index (χ2n) is 7.17. The number of carbonyl (C=O) groups excluding carboxylic acids is 1. The lowest BCUT2D eigenvalue weighted by atomic mass is 10.1. The van der Waals surface area contributed by atoms with E-state index in [4.69, 9.17) is 10.2 Å². The van der Waals surface area contributed by atoms with Crippen molar-refractivity contribution in [3.63, 3.8) is 0 Å². The summed E-state index contributed by atoms with van der Waals surface area (Å²) in [5, 5.41) is 18.6. The molecule has 3 N–H and O–H groups in total. The van der Waals surface area contributed by atoms with Crippen LogP contribution < -0.4 is 10.2 Å². The van der Waals surface area contributed by atoms with Gasteiger partial charge in [0.15, 0.2) is 0 Å². The number of rotatable bonds is 5. The number of carbonyl (C=O) groups is 3. The summed E-state index contributed by atoms with van der Waals surface area (Å²) in [5.41, 5.74) is 0.896. The number of fused-ring (bicyclic) bond motifs is 2. The molecule has 0 unspecified atom stereocenters. The number of carboxylic acid groups (broad SMARTS) is 2. The van der Waals surface area contributed by atoms with Gasteiger partial charge in [-0.2, -0.15) is 13.2 Å². The minimum Gasteiger partial charge on any atom is -0.478 e. The zero-order chi connectivity index (χ0) is 24.8. The number of carboxylic acids is 2. The first-order valence-electron chi connectivity index (χ1n) is 9.58. The molecule has 0 bridgehead atoms.